The Balaban J connectivity index is 1.78. The fraction of sp³-hybridized carbons (Fsp3) is 0.579. The molecular formula is C19H28N2O5S. The normalized spacial score (nSPS) is 15.1. The summed E-state index contributed by atoms with van der Waals surface area (Å²) in [5, 5.41) is 2.68. The molecule has 1 aliphatic rings. The lowest BCUT2D eigenvalue weighted by Gasteiger charge is -2.15. The lowest BCUT2D eigenvalue weighted by atomic mass is 10.1. The van der Waals surface area contributed by atoms with Gasteiger partial charge in [-0.25, -0.2) is 8.42 Å². The van der Waals surface area contributed by atoms with Gasteiger partial charge in [0.05, 0.1) is 4.90 Å². The highest BCUT2D eigenvalue weighted by atomic mass is 32.2. The third kappa shape index (κ3) is 6.62. The Hall–Kier alpha value is -1.93. The minimum Gasteiger partial charge on any atom is -0.456 e. The Morgan fingerprint density at radius 2 is 1.78 bits per heavy atom. The molecule has 1 heterocycles. The molecule has 1 aliphatic heterocycles. The van der Waals surface area contributed by atoms with E-state index >= 15 is 0 Å². The first-order valence-corrected chi connectivity index (χ1v) is 10.7. The minimum absolute atomic E-state index is 0.135. The van der Waals surface area contributed by atoms with E-state index in [9.17, 15) is 18.0 Å². The van der Waals surface area contributed by atoms with E-state index in [0.29, 0.717) is 32.0 Å². The molecule has 8 heteroatoms. The van der Waals surface area contributed by atoms with Gasteiger partial charge in [0.25, 0.3) is 5.91 Å². The van der Waals surface area contributed by atoms with Crippen molar-refractivity contribution in [2.45, 2.75) is 44.4 Å². The van der Waals surface area contributed by atoms with E-state index in [1.165, 1.54) is 4.31 Å². The van der Waals surface area contributed by atoms with Crippen LogP contribution in [-0.2, 0) is 30.8 Å². The van der Waals surface area contributed by atoms with E-state index in [4.69, 9.17) is 4.74 Å². The lowest BCUT2D eigenvalue weighted by molar-refractivity contribution is -0.148. The first-order valence-electron chi connectivity index (χ1n) is 9.30. The monoisotopic (exact) mass is 396 g/mol. The Kier molecular flexibility index (Phi) is 7.79. The molecule has 150 valence electrons. The number of carbonyl (C=O) groups excluding carboxylic acids is 2. The molecule has 1 N–H and O–H groups in total. The minimum atomic E-state index is -3.42. The highest BCUT2D eigenvalue weighted by Crippen LogP contribution is 2.21. The molecule has 27 heavy (non-hydrogen) atoms. The highest BCUT2D eigenvalue weighted by molar-refractivity contribution is 7.89. The van der Waals surface area contributed by atoms with Gasteiger partial charge < -0.3 is 10.1 Å². The van der Waals surface area contributed by atoms with Crippen molar-refractivity contribution >= 4 is 21.9 Å². The molecule has 0 aliphatic carbocycles. The van der Waals surface area contributed by atoms with Crippen LogP contribution in [0.2, 0.25) is 0 Å². The fourth-order valence-corrected chi connectivity index (χ4v) is 4.26. The number of rotatable bonds is 9. The molecule has 1 fully saturated rings. The van der Waals surface area contributed by atoms with Gasteiger partial charge in [-0.15, -0.1) is 0 Å². The highest BCUT2D eigenvalue weighted by Gasteiger charge is 2.26. The summed E-state index contributed by atoms with van der Waals surface area (Å²) < 4.78 is 31.4. The summed E-state index contributed by atoms with van der Waals surface area (Å²) >= 11 is 0. The largest absolute Gasteiger partial charge is 0.456 e. The number of ether oxygens (including phenoxy) is 1. The van der Waals surface area contributed by atoms with Crippen LogP contribution in [0.1, 0.15) is 38.7 Å². The van der Waals surface area contributed by atoms with Crippen molar-refractivity contribution in [2.75, 3.05) is 26.2 Å². The zero-order chi connectivity index (χ0) is 19.9. The summed E-state index contributed by atoms with van der Waals surface area (Å²) in [4.78, 5) is 23.5. The zero-order valence-electron chi connectivity index (χ0n) is 15.9. The van der Waals surface area contributed by atoms with Crippen LogP contribution < -0.4 is 5.32 Å². The Morgan fingerprint density at radius 3 is 2.37 bits per heavy atom. The standard InChI is InChI=1S/C19H28N2O5S/c1-15(2)13-20-18(22)14-26-19(23)10-7-16-5-8-17(9-6-16)27(24,25)21-11-3-4-12-21/h5-6,8-9,15H,3-4,7,10-14H2,1-2H3,(H,20,22). The van der Waals surface area contributed by atoms with Crippen LogP contribution in [0.25, 0.3) is 0 Å². The van der Waals surface area contributed by atoms with E-state index in [0.717, 1.165) is 18.4 Å². The van der Waals surface area contributed by atoms with Gasteiger partial charge in [-0.05, 0) is 42.9 Å². The van der Waals surface area contributed by atoms with Crippen molar-refractivity contribution in [1.29, 1.82) is 0 Å². The molecular weight excluding hydrogens is 368 g/mol. The topological polar surface area (TPSA) is 92.8 Å². The van der Waals surface area contributed by atoms with Crippen molar-refractivity contribution in [3.63, 3.8) is 0 Å². The zero-order valence-corrected chi connectivity index (χ0v) is 16.8. The van der Waals surface area contributed by atoms with Crippen LogP contribution in [0, 0.1) is 5.92 Å². The molecule has 0 aromatic heterocycles. The Morgan fingerprint density at radius 1 is 1.15 bits per heavy atom. The summed E-state index contributed by atoms with van der Waals surface area (Å²) in [6.07, 6.45) is 2.36. The number of hydrogen-bond acceptors (Lipinski definition) is 5. The van der Waals surface area contributed by atoms with Crippen molar-refractivity contribution in [3.8, 4) is 0 Å². The van der Waals surface area contributed by atoms with Gasteiger partial charge in [-0.2, -0.15) is 4.31 Å². The smallest absolute Gasteiger partial charge is 0.306 e. The van der Waals surface area contributed by atoms with Crippen LogP contribution >= 0.6 is 0 Å². The molecule has 0 bridgehead atoms. The molecule has 7 nitrogen and oxygen atoms in total. The van der Waals surface area contributed by atoms with Crippen LogP contribution in [-0.4, -0.2) is 50.8 Å². The maximum atomic E-state index is 12.5. The number of benzene rings is 1. The maximum absolute atomic E-state index is 12.5. The van der Waals surface area contributed by atoms with Gasteiger partial charge >= 0.3 is 5.97 Å². The SMILES string of the molecule is CC(C)CNC(=O)COC(=O)CCc1ccc(S(=O)(=O)N2CCCC2)cc1. The molecule has 0 unspecified atom stereocenters. The number of nitrogens with zero attached hydrogens (tertiary/aromatic N) is 1. The van der Waals surface area contributed by atoms with E-state index in [1.807, 2.05) is 13.8 Å². The number of esters is 1. The third-order valence-corrected chi connectivity index (χ3v) is 6.23. The second kappa shape index (κ2) is 9.85. The molecule has 0 atom stereocenters. The Labute approximate surface area is 161 Å². The molecule has 2 rings (SSSR count). The molecule has 0 saturated carbocycles. The van der Waals surface area contributed by atoms with Gasteiger partial charge in [-0.1, -0.05) is 26.0 Å². The van der Waals surface area contributed by atoms with Crippen LogP contribution in [0.15, 0.2) is 29.2 Å². The van der Waals surface area contributed by atoms with Crippen molar-refractivity contribution < 1.29 is 22.7 Å². The maximum Gasteiger partial charge on any atom is 0.306 e. The first-order chi connectivity index (χ1) is 12.8. The fourth-order valence-electron chi connectivity index (χ4n) is 2.74. The molecule has 1 amide bonds. The summed E-state index contributed by atoms with van der Waals surface area (Å²) in [7, 11) is -3.42. The van der Waals surface area contributed by atoms with Gasteiger partial charge in [0.15, 0.2) is 6.61 Å². The summed E-state index contributed by atoms with van der Waals surface area (Å²) in [6, 6.07) is 6.58. The van der Waals surface area contributed by atoms with E-state index < -0.39 is 16.0 Å². The van der Waals surface area contributed by atoms with Gasteiger partial charge in [0.2, 0.25) is 10.0 Å². The predicted octanol–water partition coefficient (Wildman–Crippen LogP) is 1.72. The number of carbonyl (C=O) groups is 2. The molecule has 0 spiro atoms. The lowest BCUT2D eigenvalue weighted by Crippen LogP contribution is -2.31. The number of hydrogen-bond donors (Lipinski definition) is 1. The summed E-state index contributed by atoms with van der Waals surface area (Å²) in [5.74, 6) is -0.432. The van der Waals surface area contributed by atoms with Crippen LogP contribution in [0.4, 0.5) is 0 Å². The second-order valence-corrected chi connectivity index (χ2v) is 9.05. The molecule has 0 radical (unpaired) electrons. The number of sulfonamides is 1. The molecule has 1 aromatic rings. The van der Waals surface area contributed by atoms with Crippen molar-refractivity contribution in [3.05, 3.63) is 29.8 Å². The summed E-state index contributed by atoms with van der Waals surface area (Å²) in [6.45, 7) is 5.37. The van der Waals surface area contributed by atoms with E-state index in [2.05, 4.69) is 5.32 Å². The van der Waals surface area contributed by atoms with Crippen LogP contribution in [0.5, 0.6) is 0 Å². The molecule has 1 saturated heterocycles. The summed E-state index contributed by atoms with van der Waals surface area (Å²) in [5.41, 5.74) is 0.844. The van der Waals surface area contributed by atoms with E-state index in [1.54, 1.807) is 24.3 Å². The first kappa shape index (κ1) is 21.4. The molecule has 1 aromatic carbocycles. The second-order valence-electron chi connectivity index (χ2n) is 7.11. The quantitative estimate of drug-likeness (QED) is 0.642. The van der Waals surface area contributed by atoms with E-state index in [-0.39, 0.29) is 23.8 Å². The predicted molar refractivity (Wildman–Crippen MR) is 102 cm³/mol. The Bertz CT molecular complexity index is 738. The van der Waals surface area contributed by atoms with Crippen molar-refractivity contribution in [1.82, 2.24) is 9.62 Å². The van der Waals surface area contributed by atoms with Gasteiger partial charge in [0.1, 0.15) is 0 Å². The average Bonchev–Trinajstić information content (AvgIpc) is 3.19. The van der Waals surface area contributed by atoms with Crippen LogP contribution in [0.3, 0.4) is 0 Å². The average molecular weight is 397 g/mol. The van der Waals surface area contributed by atoms with Gasteiger partial charge in [0, 0.05) is 26.1 Å². The number of nitrogens with one attached hydrogen (secondary N) is 1. The number of aryl methyl sites for hydroxylation is 1. The van der Waals surface area contributed by atoms with Crippen molar-refractivity contribution in [2.24, 2.45) is 5.92 Å². The number of amides is 1. The van der Waals surface area contributed by atoms with Gasteiger partial charge in [-0.3, -0.25) is 9.59 Å². The third-order valence-electron chi connectivity index (χ3n) is 4.32.